The van der Waals surface area contributed by atoms with Gasteiger partial charge in [-0.15, -0.1) is 0 Å². The molecule has 0 aliphatic heterocycles. The molecule has 0 radical (unpaired) electrons. The normalized spacial score (nSPS) is 1.06. The molecule has 17 heteroatoms. The fraction of sp³-hybridized carbons (Fsp3) is 0. The third-order valence-corrected chi connectivity index (χ3v) is 0. The van der Waals surface area contributed by atoms with Crippen LogP contribution in [0.3, 0.4) is 0 Å². The van der Waals surface area contributed by atoms with Crippen molar-refractivity contribution in [2.75, 3.05) is 0 Å². The maximum Gasteiger partial charge on any atom is 0 e. The quantitative estimate of drug-likeness (QED) is 0.122. The molecule has 0 fully saturated rings. The van der Waals surface area contributed by atoms with E-state index in [0.29, 0.717) is 0 Å². The van der Waals surface area contributed by atoms with Crippen LogP contribution in [-0.4, -0.2) is 0 Å². The van der Waals surface area contributed by atoms with Crippen LogP contribution in [0.15, 0.2) is 0 Å². The maximum atomic E-state index is 3.67. The summed E-state index contributed by atoms with van der Waals surface area (Å²) >= 11 is 22.0. The summed E-state index contributed by atoms with van der Waals surface area (Å²) in [5.41, 5.74) is 0. The largest absolute Gasteiger partial charge is 1.00 e. The van der Waals surface area contributed by atoms with Crippen LogP contribution in [0.2, 0.25) is 0 Å². The Labute approximate surface area is 258 Å². The van der Waals surface area contributed by atoms with Gasteiger partial charge in [0.25, 0.3) is 0 Å². The first-order valence-electron chi connectivity index (χ1n) is 0.500. The van der Waals surface area contributed by atoms with Crippen LogP contribution in [0.1, 0.15) is 0 Å². The molecule has 118 valence electrons. The molecule has 0 bridgehead atoms. The number of rotatable bonds is 0. The topological polar surface area (TPSA) is 0 Å². The summed E-state index contributed by atoms with van der Waals surface area (Å²) in [7, 11) is 0. The molecule has 0 aliphatic carbocycles. The third-order valence-electron chi connectivity index (χ3n) is 0. The Balaban J connectivity index is -0.000000000500. The maximum absolute atomic E-state index is 3.67. The molecular formula is H5Mo6S11-11. The Morgan fingerprint density at radius 3 is 0.235 bits per heavy atom. The summed E-state index contributed by atoms with van der Waals surface area (Å²) in [6, 6.07) is 0. The van der Waals surface area contributed by atoms with Gasteiger partial charge in [-0.2, -0.15) is 0 Å². The van der Waals surface area contributed by atoms with E-state index < -0.39 is 0 Å². The molecule has 0 unspecified atom stereocenters. The van der Waals surface area contributed by atoms with Crippen molar-refractivity contribution in [1.82, 2.24) is 0 Å². The van der Waals surface area contributed by atoms with Crippen LogP contribution >= 0.6 is 0 Å². The number of hydrogen-bond acceptors (Lipinski definition) is 11. The monoisotopic (exact) mass is 944 g/mol. The first-order valence-corrected chi connectivity index (χ1v) is 4.50. The minimum Gasteiger partial charge on any atom is -1.00 e. The van der Waals surface area contributed by atoms with Crippen molar-refractivity contribution >= 4 is 137 Å². The van der Waals surface area contributed by atoms with Crippen LogP contribution in [0.25, 0.3) is 0 Å². The van der Waals surface area contributed by atoms with Gasteiger partial charge >= 0.3 is 0 Å². The van der Waals surface area contributed by atoms with E-state index in [4.69, 9.17) is 0 Å². The van der Waals surface area contributed by atoms with Gasteiger partial charge in [-0.25, -0.2) is 0 Å². The second-order valence-electron chi connectivity index (χ2n) is 0. The number of hydrogen-bond donors (Lipinski definition) is 0. The predicted octanol–water partition coefficient (Wildman–Crippen LogP) is -1.38. The van der Waals surface area contributed by atoms with Gasteiger partial charge in [-0.3, -0.25) is 0 Å². The molecule has 0 atom stereocenters. The first kappa shape index (κ1) is 119. The Bertz CT molecular complexity index is 15.9. The predicted molar refractivity (Wildman–Crippen MR) is 88.0 cm³/mol. The van der Waals surface area contributed by atoms with Crippen LogP contribution in [-0.2, 0) is 264 Å². The van der Waals surface area contributed by atoms with Gasteiger partial charge < -0.3 is 137 Å². The standard InChI is InChI=1S/6Mo.3S2.5H2S/c;;;;;;3*1-2;;;;;/h;;;;;;;;;5*1H2/q;;;;;;3*-2;;;;;/p-5. The van der Waals surface area contributed by atoms with E-state index >= 15 is 0 Å². The van der Waals surface area contributed by atoms with E-state index in [1.807, 2.05) is 0 Å². The van der Waals surface area contributed by atoms with E-state index in [0.717, 1.165) is 0 Å². The van der Waals surface area contributed by atoms with E-state index in [1.165, 1.54) is 0 Å². The summed E-state index contributed by atoms with van der Waals surface area (Å²) in [6.45, 7) is 0. The summed E-state index contributed by atoms with van der Waals surface area (Å²) in [4.78, 5) is 0. The van der Waals surface area contributed by atoms with Crippen molar-refractivity contribution in [2.24, 2.45) is 0 Å². The Morgan fingerprint density at radius 1 is 0.235 bits per heavy atom. The zero-order valence-electron chi connectivity index (χ0n) is 7.14. The Morgan fingerprint density at radius 2 is 0.235 bits per heavy atom. The van der Waals surface area contributed by atoms with Crippen LogP contribution in [0, 0.1) is 0 Å². The Kier molecular flexibility index (Phi) is 1390. The number of thiol groups is 5. The van der Waals surface area contributed by atoms with Gasteiger partial charge in [0.1, 0.15) is 0 Å². The minimum atomic E-state index is 0. The molecule has 0 aromatic heterocycles. The zero-order valence-corrected chi connectivity index (χ0v) is 28.5. The van der Waals surface area contributed by atoms with Crippen LogP contribution in [0.4, 0.5) is 0 Å². The summed E-state index contributed by atoms with van der Waals surface area (Å²) < 4.78 is 0. The molecule has 0 aromatic rings. The van der Waals surface area contributed by atoms with Gasteiger partial charge in [0.05, 0.1) is 0 Å². The molecule has 0 amide bonds. The van der Waals surface area contributed by atoms with Crippen molar-refractivity contribution in [2.45, 2.75) is 0 Å². The van der Waals surface area contributed by atoms with Gasteiger partial charge in [0.15, 0.2) is 0 Å². The molecule has 0 N–H and O–H groups in total. The fourth-order valence-electron chi connectivity index (χ4n) is 0. The van der Waals surface area contributed by atoms with Gasteiger partial charge in [-0.1, -0.05) is 0 Å². The molecule has 0 spiro atoms. The minimum absolute atomic E-state index is 0. The van der Waals surface area contributed by atoms with Crippen LogP contribution in [0.5, 0.6) is 0 Å². The molecule has 0 rings (SSSR count). The molecular weight excluding hydrogens is 928 g/mol. The fourth-order valence-corrected chi connectivity index (χ4v) is 0. The second-order valence-corrected chi connectivity index (χ2v) is 0. The molecule has 0 aliphatic rings. The van der Waals surface area contributed by atoms with Gasteiger partial charge in [0.2, 0.25) is 0 Å². The Hall–Kier alpha value is 7.98. The van der Waals surface area contributed by atoms with E-state index in [2.05, 4.69) is 70.0 Å². The summed E-state index contributed by atoms with van der Waals surface area (Å²) in [5, 5.41) is 0. The van der Waals surface area contributed by atoms with Gasteiger partial charge in [-0.05, 0) is 0 Å². The molecule has 0 saturated heterocycles. The van der Waals surface area contributed by atoms with Crippen molar-refractivity contribution in [1.29, 1.82) is 0 Å². The molecule has 0 nitrogen and oxygen atoms in total. The summed E-state index contributed by atoms with van der Waals surface area (Å²) in [6.07, 6.45) is 0. The van der Waals surface area contributed by atoms with Crippen molar-refractivity contribution in [3.63, 3.8) is 0 Å². The van der Waals surface area contributed by atoms with Crippen molar-refractivity contribution in [3.05, 3.63) is 0 Å². The van der Waals surface area contributed by atoms with Crippen molar-refractivity contribution < 1.29 is 126 Å². The molecule has 0 saturated carbocycles. The third kappa shape index (κ3) is 182. The first-order chi connectivity index (χ1) is 3.00. The van der Waals surface area contributed by atoms with Crippen molar-refractivity contribution in [3.8, 4) is 0 Å². The molecule has 0 aromatic carbocycles. The average Bonchev–Trinajstić information content (AvgIpc) is 1.81. The van der Waals surface area contributed by atoms with Gasteiger partial charge in [0, 0.05) is 126 Å². The van der Waals surface area contributed by atoms with E-state index in [9.17, 15) is 0 Å². The van der Waals surface area contributed by atoms with E-state index in [1.54, 1.807) is 0 Å². The molecule has 0 heterocycles. The average molecular weight is 933 g/mol. The van der Waals surface area contributed by atoms with Crippen LogP contribution < -0.4 is 0 Å². The SMILES string of the molecule is [Mo].[Mo].[Mo].[Mo].[Mo].[Mo].[S-][S-].[S-][S-].[S-][S-].[SH-].[SH-].[SH-].[SH-].[SH-]. The zero-order chi connectivity index (χ0) is 6.00. The van der Waals surface area contributed by atoms with E-state index in [-0.39, 0.29) is 194 Å². The summed E-state index contributed by atoms with van der Waals surface area (Å²) in [5.74, 6) is 0. The second kappa shape index (κ2) is 199. The smallest absolute Gasteiger partial charge is 0 e. The molecule has 17 heavy (non-hydrogen) atoms.